The van der Waals surface area contributed by atoms with Gasteiger partial charge in [-0.25, -0.2) is 9.59 Å². The van der Waals surface area contributed by atoms with Crippen LogP contribution in [0.4, 0.5) is 4.79 Å². The number of methoxy groups -OCH3 is 1. The molecule has 0 radical (unpaired) electrons. The second-order valence-electron chi connectivity index (χ2n) is 8.81. The van der Waals surface area contributed by atoms with Gasteiger partial charge in [-0.15, -0.1) is 0 Å². The third-order valence-corrected chi connectivity index (χ3v) is 7.08. The van der Waals surface area contributed by atoms with E-state index in [4.69, 9.17) is 23.3 Å². The predicted octanol–water partition coefficient (Wildman–Crippen LogP) is 4.21. The Bertz CT molecular complexity index is 820. The van der Waals surface area contributed by atoms with Gasteiger partial charge in [0.15, 0.2) is 11.6 Å². The second-order valence-corrected chi connectivity index (χ2v) is 10.8. The third-order valence-electron chi connectivity index (χ3n) is 4.38. The first-order chi connectivity index (χ1) is 14.3. The van der Waals surface area contributed by atoms with Crippen molar-refractivity contribution in [3.8, 4) is 0 Å². The van der Waals surface area contributed by atoms with Crippen molar-refractivity contribution in [3.05, 3.63) is 35.9 Å². The van der Waals surface area contributed by atoms with Crippen molar-refractivity contribution in [1.29, 1.82) is 0 Å². The molecule has 1 aromatic rings. The van der Waals surface area contributed by atoms with Crippen molar-refractivity contribution >= 4 is 19.7 Å². The van der Waals surface area contributed by atoms with E-state index >= 15 is 0 Å². The normalized spacial score (nSPS) is 24.8. The minimum Gasteiger partial charge on any atom is -0.467 e. The van der Waals surface area contributed by atoms with Gasteiger partial charge >= 0.3 is 19.7 Å². The Labute approximate surface area is 183 Å². The fourth-order valence-electron chi connectivity index (χ4n) is 3.17. The molecule has 1 saturated heterocycles. The molecule has 4 atom stereocenters. The Kier molecular flexibility index (Phi) is 7.92. The van der Waals surface area contributed by atoms with Crippen LogP contribution in [0.5, 0.6) is 0 Å². The number of carbonyl (C=O) groups excluding carboxylic acids is 2. The van der Waals surface area contributed by atoms with Gasteiger partial charge in [-0.3, -0.25) is 9.09 Å². The highest BCUT2D eigenvalue weighted by molar-refractivity contribution is 7.54. The largest absolute Gasteiger partial charge is 0.467 e. The van der Waals surface area contributed by atoms with Gasteiger partial charge in [-0.2, -0.15) is 0 Å². The summed E-state index contributed by atoms with van der Waals surface area (Å²) in [6.07, 6.45) is -0.823. The van der Waals surface area contributed by atoms with Crippen LogP contribution in [-0.2, 0) is 39.2 Å². The number of hydrogen-bond acceptors (Lipinski definition) is 8. The summed E-state index contributed by atoms with van der Waals surface area (Å²) in [5.74, 6) is -3.86. The molecule has 0 spiro atoms. The highest BCUT2D eigenvalue weighted by atomic mass is 31.2. The van der Waals surface area contributed by atoms with Crippen LogP contribution in [0.3, 0.4) is 0 Å². The van der Waals surface area contributed by atoms with Crippen LogP contribution < -0.4 is 5.32 Å². The number of carbonyl (C=O) groups is 2. The van der Waals surface area contributed by atoms with Crippen molar-refractivity contribution in [3.63, 3.8) is 0 Å². The fraction of sp³-hybridized carbons (Fsp3) is 0.619. The van der Waals surface area contributed by atoms with Crippen LogP contribution in [0.15, 0.2) is 30.3 Å². The summed E-state index contributed by atoms with van der Waals surface area (Å²) in [6, 6.07) is 7.90. The lowest BCUT2D eigenvalue weighted by atomic mass is 10.0. The lowest BCUT2D eigenvalue weighted by Gasteiger charge is -2.31. The van der Waals surface area contributed by atoms with Crippen LogP contribution >= 0.6 is 7.60 Å². The van der Waals surface area contributed by atoms with Crippen LogP contribution in [0, 0.1) is 5.92 Å². The number of amides is 1. The van der Waals surface area contributed by atoms with Gasteiger partial charge in [-0.05, 0) is 40.2 Å². The number of esters is 1. The lowest BCUT2D eigenvalue weighted by Crippen LogP contribution is -2.49. The average molecular weight is 457 g/mol. The Morgan fingerprint density at radius 2 is 1.84 bits per heavy atom. The topological polar surface area (TPSA) is 109 Å². The van der Waals surface area contributed by atoms with Crippen molar-refractivity contribution < 1.29 is 37.4 Å². The van der Waals surface area contributed by atoms with Gasteiger partial charge in [-0.1, -0.05) is 37.3 Å². The molecule has 1 aromatic carbocycles. The fourth-order valence-corrected chi connectivity index (χ4v) is 5.97. The van der Waals surface area contributed by atoms with Gasteiger partial charge in [0.05, 0.1) is 12.7 Å². The van der Waals surface area contributed by atoms with Gasteiger partial charge in [0.25, 0.3) is 0 Å². The Hall–Kier alpha value is -1.93. The van der Waals surface area contributed by atoms with Crippen molar-refractivity contribution in [2.24, 2.45) is 5.92 Å². The second kappa shape index (κ2) is 9.69. The van der Waals surface area contributed by atoms with E-state index < -0.39 is 48.9 Å². The summed E-state index contributed by atoms with van der Waals surface area (Å²) in [7, 11) is -2.62. The molecule has 174 valence electrons. The third kappa shape index (κ3) is 7.04. The minimum absolute atomic E-state index is 0.0245. The standard InChI is InChI=1S/C21H32NO8P/c1-14(18-28-21(5,6)30-31(18,25)29-20(2,3)4)16(17(23)26-7)22-19(24)27-13-15-11-9-8-10-12-15/h8-12,14,16,18H,13H2,1-7H3,(H,22,24)/t14-,16+,18+,31+/m1/s1. The zero-order valence-electron chi connectivity index (χ0n) is 19.0. The molecule has 9 nitrogen and oxygen atoms in total. The Morgan fingerprint density at radius 3 is 2.39 bits per heavy atom. The summed E-state index contributed by atoms with van der Waals surface area (Å²) in [4.78, 5) is 24.8. The first-order valence-electron chi connectivity index (χ1n) is 10.0. The quantitative estimate of drug-likeness (QED) is 0.479. The number of nitrogens with one attached hydrogen (secondary N) is 1. The Balaban J connectivity index is 2.18. The molecule has 1 fully saturated rings. The number of hydrogen-bond donors (Lipinski definition) is 1. The highest BCUT2D eigenvalue weighted by Crippen LogP contribution is 2.66. The molecule has 0 unspecified atom stereocenters. The van der Waals surface area contributed by atoms with Crippen LogP contribution in [-0.4, -0.2) is 42.4 Å². The van der Waals surface area contributed by atoms with E-state index in [1.54, 1.807) is 53.7 Å². The molecule has 1 aliphatic heterocycles. The van der Waals surface area contributed by atoms with Crippen LogP contribution in [0.2, 0.25) is 0 Å². The summed E-state index contributed by atoms with van der Waals surface area (Å²) in [5.41, 5.74) is -0.00208. The van der Waals surface area contributed by atoms with Gasteiger partial charge in [0.1, 0.15) is 12.6 Å². The van der Waals surface area contributed by atoms with E-state index in [2.05, 4.69) is 5.32 Å². The number of benzene rings is 1. The minimum atomic E-state index is -3.81. The molecular formula is C21H32NO8P. The zero-order valence-corrected chi connectivity index (χ0v) is 19.9. The van der Waals surface area contributed by atoms with Crippen molar-refractivity contribution in [2.75, 3.05) is 7.11 Å². The summed E-state index contributed by atoms with van der Waals surface area (Å²) in [5, 5.41) is 2.49. The van der Waals surface area contributed by atoms with E-state index in [0.29, 0.717) is 0 Å². The molecule has 1 aliphatic rings. The molecule has 1 amide bonds. The lowest BCUT2D eigenvalue weighted by molar-refractivity contribution is -0.153. The molecule has 2 rings (SSSR count). The van der Waals surface area contributed by atoms with E-state index in [9.17, 15) is 14.2 Å². The number of rotatable bonds is 7. The van der Waals surface area contributed by atoms with E-state index in [1.165, 1.54) is 7.11 Å². The van der Waals surface area contributed by atoms with Crippen LogP contribution in [0.1, 0.15) is 47.1 Å². The van der Waals surface area contributed by atoms with Gasteiger partial charge in [0.2, 0.25) is 0 Å². The molecule has 31 heavy (non-hydrogen) atoms. The molecule has 0 bridgehead atoms. The van der Waals surface area contributed by atoms with Crippen molar-refractivity contribution in [2.45, 2.75) is 71.4 Å². The zero-order chi connectivity index (χ0) is 23.4. The van der Waals surface area contributed by atoms with E-state index in [1.807, 2.05) is 18.2 Å². The molecule has 1 heterocycles. The van der Waals surface area contributed by atoms with Gasteiger partial charge in [0, 0.05) is 5.92 Å². The summed E-state index contributed by atoms with van der Waals surface area (Å²) >= 11 is 0. The molecule has 0 aromatic heterocycles. The van der Waals surface area contributed by atoms with E-state index in [-0.39, 0.29) is 6.61 Å². The molecular weight excluding hydrogens is 425 g/mol. The summed E-state index contributed by atoms with van der Waals surface area (Å²) in [6.45, 7) is 10.0. The highest BCUT2D eigenvalue weighted by Gasteiger charge is 2.57. The summed E-state index contributed by atoms with van der Waals surface area (Å²) < 4.78 is 40.8. The number of ether oxygens (including phenoxy) is 3. The van der Waals surface area contributed by atoms with Crippen molar-refractivity contribution in [1.82, 2.24) is 5.32 Å². The smallest absolute Gasteiger partial charge is 0.408 e. The van der Waals surface area contributed by atoms with Crippen LogP contribution in [0.25, 0.3) is 0 Å². The average Bonchev–Trinajstić information content (AvgIpc) is 2.90. The SMILES string of the molecule is COC(=O)[C@@H](NC(=O)OCc1ccccc1)[C@@H](C)[C@H]1OC(C)(C)O[P@@]1(=O)OC(C)(C)C. The maximum Gasteiger partial charge on any atom is 0.408 e. The maximum atomic E-state index is 13.6. The molecule has 10 heteroatoms. The van der Waals surface area contributed by atoms with E-state index in [0.717, 1.165) is 5.56 Å². The molecule has 0 aliphatic carbocycles. The molecule has 0 saturated carbocycles. The predicted molar refractivity (Wildman–Crippen MR) is 113 cm³/mol. The number of alkyl carbamates (subject to hydrolysis) is 1. The maximum absolute atomic E-state index is 13.6. The first kappa shape index (κ1) is 25.3. The first-order valence-corrected chi connectivity index (χ1v) is 11.6. The monoisotopic (exact) mass is 457 g/mol. The molecule has 1 N–H and O–H groups in total. The van der Waals surface area contributed by atoms with Gasteiger partial charge < -0.3 is 24.1 Å². The Morgan fingerprint density at radius 1 is 1.23 bits per heavy atom.